The Morgan fingerprint density at radius 1 is 1.25 bits per heavy atom. The van der Waals surface area contributed by atoms with Crippen molar-refractivity contribution in [3.63, 3.8) is 0 Å². The summed E-state index contributed by atoms with van der Waals surface area (Å²) in [6, 6.07) is 13.4. The molecule has 0 fully saturated rings. The van der Waals surface area contributed by atoms with Crippen LogP contribution in [-0.2, 0) is 0 Å². The molecule has 0 aliphatic rings. The Morgan fingerprint density at radius 2 is 1.96 bits per heavy atom. The van der Waals surface area contributed by atoms with Crippen molar-refractivity contribution >= 4 is 11.6 Å². The first kappa shape index (κ1) is 17.6. The molecule has 0 aromatic heterocycles. The summed E-state index contributed by atoms with van der Waals surface area (Å²) >= 11 is 0. The Balaban J connectivity index is 2.24. The van der Waals surface area contributed by atoms with Gasteiger partial charge in [0.25, 0.3) is 11.6 Å². The van der Waals surface area contributed by atoms with E-state index in [0.717, 1.165) is 5.56 Å². The molecule has 2 aromatic carbocycles. The molecule has 2 N–H and O–H groups in total. The van der Waals surface area contributed by atoms with Gasteiger partial charge in [0.1, 0.15) is 0 Å². The smallest absolute Gasteiger partial charge is 0.270 e. The second kappa shape index (κ2) is 8.21. The van der Waals surface area contributed by atoms with Crippen LogP contribution in [0.1, 0.15) is 40.4 Å². The maximum Gasteiger partial charge on any atom is 0.270 e. The average Bonchev–Trinajstić information content (AvgIpc) is 2.59. The molecule has 0 aliphatic carbocycles. The fraction of sp³-hybridized carbons (Fsp3) is 0.278. The van der Waals surface area contributed by atoms with Gasteiger partial charge in [-0.25, -0.2) is 0 Å². The van der Waals surface area contributed by atoms with E-state index in [0.29, 0.717) is 18.4 Å². The number of nitro groups is 1. The number of carbonyl (C=O) groups is 1. The SMILES string of the molecule is Cc1ccc([N+](=O)[O-])cc1C(=O)NC(CCCO)c1ccccc1. The van der Waals surface area contributed by atoms with Crippen LogP contribution in [0.15, 0.2) is 48.5 Å². The minimum Gasteiger partial charge on any atom is -0.396 e. The molecule has 0 radical (unpaired) electrons. The minimum absolute atomic E-state index is 0.0367. The summed E-state index contributed by atoms with van der Waals surface area (Å²) in [5.74, 6) is -0.358. The molecule has 6 nitrogen and oxygen atoms in total. The van der Waals surface area contributed by atoms with E-state index in [1.165, 1.54) is 12.1 Å². The average molecular weight is 328 g/mol. The number of rotatable bonds is 7. The van der Waals surface area contributed by atoms with Crippen LogP contribution in [0.2, 0.25) is 0 Å². The molecule has 0 saturated carbocycles. The predicted molar refractivity (Wildman–Crippen MR) is 90.8 cm³/mol. The number of non-ortho nitro benzene ring substituents is 1. The van der Waals surface area contributed by atoms with Crippen molar-refractivity contribution in [3.05, 3.63) is 75.3 Å². The molecule has 1 atom stereocenters. The van der Waals surface area contributed by atoms with Gasteiger partial charge < -0.3 is 10.4 Å². The number of carbonyl (C=O) groups excluding carboxylic acids is 1. The van der Waals surface area contributed by atoms with Gasteiger partial charge in [-0.3, -0.25) is 14.9 Å². The number of hydrogen-bond acceptors (Lipinski definition) is 4. The number of nitrogens with one attached hydrogen (secondary N) is 1. The predicted octanol–water partition coefficient (Wildman–Crippen LogP) is 3.15. The monoisotopic (exact) mass is 328 g/mol. The number of hydrogen-bond donors (Lipinski definition) is 2. The minimum atomic E-state index is -0.517. The van der Waals surface area contributed by atoms with Crippen LogP contribution in [0.3, 0.4) is 0 Å². The molecule has 0 heterocycles. The van der Waals surface area contributed by atoms with Crippen LogP contribution < -0.4 is 5.32 Å². The summed E-state index contributed by atoms with van der Waals surface area (Å²) < 4.78 is 0. The number of aliphatic hydroxyl groups excluding tert-OH is 1. The second-order valence-corrected chi connectivity index (χ2v) is 5.56. The number of benzene rings is 2. The van der Waals surface area contributed by atoms with E-state index in [4.69, 9.17) is 5.11 Å². The van der Waals surface area contributed by atoms with Crippen molar-refractivity contribution < 1.29 is 14.8 Å². The van der Waals surface area contributed by atoms with E-state index in [1.54, 1.807) is 13.0 Å². The zero-order valence-corrected chi connectivity index (χ0v) is 13.4. The van der Waals surface area contributed by atoms with Crippen molar-refractivity contribution in [2.45, 2.75) is 25.8 Å². The summed E-state index contributed by atoms with van der Waals surface area (Å²) in [5, 5.41) is 22.9. The lowest BCUT2D eigenvalue weighted by Crippen LogP contribution is -2.29. The Bertz CT molecular complexity index is 716. The van der Waals surface area contributed by atoms with E-state index in [1.807, 2.05) is 30.3 Å². The molecule has 0 aliphatic heterocycles. The molecule has 0 spiro atoms. The fourth-order valence-electron chi connectivity index (χ4n) is 2.51. The van der Waals surface area contributed by atoms with Crippen molar-refractivity contribution in [1.29, 1.82) is 0 Å². The highest BCUT2D eigenvalue weighted by molar-refractivity contribution is 5.96. The normalized spacial score (nSPS) is 11.8. The third-order valence-electron chi connectivity index (χ3n) is 3.83. The number of nitrogens with zero attached hydrogens (tertiary/aromatic N) is 1. The highest BCUT2D eigenvalue weighted by atomic mass is 16.6. The van der Waals surface area contributed by atoms with Crippen molar-refractivity contribution in [1.82, 2.24) is 5.32 Å². The highest BCUT2D eigenvalue weighted by Gasteiger charge is 2.19. The van der Waals surface area contributed by atoms with E-state index in [-0.39, 0.29) is 29.8 Å². The quantitative estimate of drug-likeness (QED) is 0.603. The standard InChI is InChI=1S/C18H20N2O4/c1-13-9-10-15(20(23)24)12-16(13)18(22)19-17(8-5-11-21)14-6-3-2-4-7-14/h2-4,6-7,9-10,12,17,21H,5,8,11H2,1H3,(H,19,22). The largest absolute Gasteiger partial charge is 0.396 e. The van der Waals surface area contributed by atoms with Crippen LogP contribution in [-0.4, -0.2) is 22.5 Å². The molecule has 6 heteroatoms. The van der Waals surface area contributed by atoms with Gasteiger partial charge in [0, 0.05) is 24.3 Å². The van der Waals surface area contributed by atoms with Crippen LogP contribution in [0.5, 0.6) is 0 Å². The first-order valence-corrected chi connectivity index (χ1v) is 7.74. The van der Waals surface area contributed by atoms with E-state index >= 15 is 0 Å². The van der Waals surface area contributed by atoms with Gasteiger partial charge in [0.15, 0.2) is 0 Å². The molecular formula is C18H20N2O4. The summed E-state index contributed by atoms with van der Waals surface area (Å²) in [5.41, 5.74) is 1.78. The molecule has 1 unspecified atom stereocenters. The summed E-state index contributed by atoms with van der Waals surface area (Å²) in [7, 11) is 0. The first-order valence-electron chi connectivity index (χ1n) is 7.74. The Morgan fingerprint density at radius 3 is 2.58 bits per heavy atom. The van der Waals surface area contributed by atoms with Gasteiger partial charge in [-0.15, -0.1) is 0 Å². The third-order valence-corrected chi connectivity index (χ3v) is 3.83. The Kier molecular flexibility index (Phi) is 6.03. The zero-order valence-electron chi connectivity index (χ0n) is 13.4. The lowest BCUT2D eigenvalue weighted by atomic mass is 10.0. The maximum absolute atomic E-state index is 12.6. The summed E-state index contributed by atoms with van der Waals surface area (Å²) in [6.45, 7) is 1.78. The number of aliphatic hydroxyl groups is 1. The van der Waals surface area contributed by atoms with E-state index < -0.39 is 4.92 Å². The Labute approximate surface area is 140 Å². The third kappa shape index (κ3) is 4.39. The van der Waals surface area contributed by atoms with Gasteiger partial charge in [0.05, 0.1) is 11.0 Å². The van der Waals surface area contributed by atoms with Crippen molar-refractivity contribution in [3.8, 4) is 0 Å². The molecule has 0 saturated heterocycles. The van der Waals surface area contributed by atoms with Gasteiger partial charge >= 0.3 is 0 Å². The first-order chi connectivity index (χ1) is 11.5. The topological polar surface area (TPSA) is 92.5 Å². The fourth-order valence-corrected chi connectivity index (χ4v) is 2.51. The number of aryl methyl sites for hydroxylation is 1. The number of nitro benzene ring substituents is 1. The second-order valence-electron chi connectivity index (χ2n) is 5.56. The summed E-state index contributed by atoms with van der Waals surface area (Å²) in [6.07, 6.45) is 1.13. The molecule has 1 amide bonds. The molecule has 24 heavy (non-hydrogen) atoms. The van der Waals surface area contributed by atoms with Gasteiger partial charge in [-0.2, -0.15) is 0 Å². The summed E-state index contributed by atoms with van der Waals surface area (Å²) in [4.78, 5) is 23.0. The molecular weight excluding hydrogens is 308 g/mol. The zero-order chi connectivity index (χ0) is 17.5. The number of amides is 1. The molecule has 2 aromatic rings. The van der Waals surface area contributed by atoms with Crippen LogP contribution in [0, 0.1) is 17.0 Å². The molecule has 2 rings (SSSR count). The van der Waals surface area contributed by atoms with Gasteiger partial charge in [-0.05, 0) is 30.9 Å². The van der Waals surface area contributed by atoms with Crippen LogP contribution >= 0.6 is 0 Å². The highest BCUT2D eigenvalue weighted by Crippen LogP contribution is 2.21. The van der Waals surface area contributed by atoms with Crippen molar-refractivity contribution in [2.75, 3.05) is 6.61 Å². The molecule has 126 valence electrons. The molecule has 0 bridgehead atoms. The van der Waals surface area contributed by atoms with Crippen molar-refractivity contribution in [2.24, 2.45) is 0 Å². The maximum atomic E-state index is 12.6. The van der Waals surface area contributed by atoms with E-state index in [9.17, 15) is 14.9 Å². The van der Waals surface area contributed by atoms with Crippen LogP contribution in [0.4, 0.5) is 5.69 Å². The van der Waals surface area contributed by atoms with E-state index in [2.05, 4.69) is 5.32 Å². The lowest BCUT2D eigenvalue weighted by molar-refractivity contribution is -0.384. The van der Waals surface area contributed by atoms with Gasteiger partial charge in [-0.1, -0.05) is 36.4 Å². The van der Waals surface area contributed by atoms with Crippen LogP contribution in [0.25, 0.3) is 0 Å². The van der Waals surface area contributed by atoms with Gasteiger partial charge in [0.2, 0.25) is 0 Å². The lowest BCUT2D eigenvalue weighted by Gasteiger charge is -2.19. The Hall–Kier alpha value is -2.73.